The number of amides is 1. The molecule has 0 aromatic carbocycles. The van der Waals surface area contributed by atoms with Gasteiger partial charge in [-0.05, 0) is 0 Å². The smallest absolute Gasteiger partial charge is 0.351 e. The molecule has 0 aliphatic heterocycles. The Morgan fingerprint density at radius 3 is 2.25 bits per heavy atom. The second-order valence-electron chi connectivity index (χ2n) is 1.40. The zero-order chi connectivity index (χ0) is 9.94. The molecule has 1 amide bonds. The molecule has 0 aliphatic rings. The molecule has 0 heterocycles. The minimum Gasteiger partial charge on any atom is -0.351 e. The quantitative estimate of drug-likeness (QED) is 0.271. The SMILES string of the molecule is NN(C(=O)OC(F)(F)F)[N+](=O)[O-]. The van der Waals surface area contributed by atoms with Crippen molar-refractivity contribution in [1.82, 2.24) is 5.12 Å². The number of nitrogens with zero attached hydrogens (tertiary/aromatic N) is 2. The molecule has 0 saturated heterocycles. The number of halogens is 3. The van der Waals surface area contributed by atoms with Crippen LogP contribution >= 0.6 is 0 Å². The topological polar surface area (TPSA) is 98.7 Å². The molecule has 10 heteroatoms. The van der Waals surface area contributed by atoms with Crippen molar-refractivity contribution in [1.29, 1.82) is 0 Å². The molecule has 7 nitrogen and oxygen atoms in total. The number of carbonyl (C=O) groups is 1. The summed E-state index contributed by atoms with van der Waals surface area (Å²) in [5.74, 6) is 4.23. The number of carbonyl (C=O) groups excluding carboxylic acids is 1. The van der Waals surface area contributed by atoms with Crippen molar-refractivity contribution < 1.29 is 27.7 Å². The zero-order valence-corrected chi connectivity index (χ0v) is 5.24. The van der Waals surface area contributed by atoms with Crippen LogP contribution in [-0.2, 0) is 4.74 Å². The molecule has 0 spiro atoms. The lowest BCUT2D eigenvalue weighted by atomic mass is 11.1. The van der Waals surface area contributed by atoms with E-state index in [-0.39, 0.29) is 0 Å². The number of rotatable bonds is 1. The maximum atomic E-state index is 11.2. The van der Waals surface area contributed by atoms with Crippen LogP contribution in [-0.4, -0.2) is 22.6 Å². The van der Waals surface area contributed by atoms with E-state index in [1.807, 2.05) is 0 Å². The van der Waals surface area contributed by atoms with Crippen molar-refractivity contribution in [2.75, 3.05) is 0 Å². The first-order chi connectivity index (χ1) is 5.24. The van der Waals surface area contributed by atoms with Gasteiger partial charge in [0.1, 0.15) is 0 Å². The molecule has 0 aromatic heterocycles. The number of alkyl halides is 3. The van der Waals surface area contributed by atoms with Gasteiger partial charge in [0, 0.05) is 0 Å². The van der Waals surface area contributed by atoms with Crippen molar-refractivity contribution in [2.24, 2.45) is 5.84 Å². The van der Waals surface area contributed by atoms with Crippen molar-refractivity contribution in [3.8, 4) is 0 Å². The molecule has 0 atom stereocenters. The van der Waals surface area contributed by atoms with Crippen molar-refractivity contribution in [3.63, 3.8) is 0 Å². The summed E-state index contributed by atoms with van der Waals surface area (Å²) in [6.07, 6.45) is -7.60. The fourth-order valence-electron chi connectivity index (χ4n) is 0.212. The van der Waals surface area contributed by atoms with E-state index in [4.69, 9.17) is 0 Å². The van der Waals surface area contributed by atoms with E-state index in [1.165, 1.54) is 0 Å². The van der Waals surface area contributed by atoms with E-state index in [0.29, 0.717) is 0 Å². The maximum Gasteiger partial charge on any atom is 0.576 e. The van der Waals surface area contributed by atoms with Gasteiger partial charge in [-0.1, -0.05) is 0 Å². The zero-order valence-electron chi connectivity index (χ0n) is 5.24. The van der Waals surface area contributed by atoms with E-state index in [2.05, 4.69) is 10.6 Å². The van der Waals surface area contributed by atoms with Crippen LogP contribution in [0, 0.1) is 10.1 Å². The first kappa shape index (κ1) is 10.4. The molecule has 0 aromatic rings. The molecule has 0 bridgehead atoms. The fourth-order valence-corrected chi connectivity index (χ4v) is 0.212. The van der Waals surface area contributed by atoms with Crippen molar-refractivity contribution in [3.05, 3.63) is 10.1 Å². The van der Waals surface area contributed by atoms with Crippen molar-refractivity contribution >= 4 is 6.09 Å². The van der Waals surface area contributed by atoms with Gasteiger partial charge in [-0.2, -0.15) is 5.84 Å². The Kier molecular flexibility index (Phi) is 2.79. The molecule has 0 saturated carbocycles. The summed E-state index contributed by atoms with van der Waals surface area (Å²) in [6, 6.07) is 0. The number of hydrogen-bond donors (Lipinski definition) is 1. The number of ether oxygens (including phenoxy) is 1. The molecule has 0 unspecified atom stereocenters. The van der Waals surface area contributed by atoms with Gasteiger partial charge in [-0.15, -0.1) is 13.2 Å². The highest BCUT2D eigenvalue weighted by molar-refractivity contribution is 5.65. The molecular weight excluding hydrogens is 187 g/mol. The standard InChI is InChI=1S/C2H2F3N3O4/c3-2(4,5)12-1(9)7(6)8(10)11/h6H2. The summed E-state index contributed by atoms with van der Waals surface area (Å²) in [5, 5.41) is 7.08. The monoisotopic (exact) mass is 189 g/mol. The van der Waals surface area contributed by atoms with E-state index in [0.717, 1.165) is 0 Å². The average Bonchev–Trinajstić information content (AvgIpc) is 1.82. The minimum atomic E-state index is -5.29. The Bertz CT molecular complexity index is 202. The van der Waals surface area contributed by atoms with Gasteiger partial charge in [0.15, 0.2) is 5.03 Å². The van der Waals surface area contributed by atoms with Crippen LogP contribution in [0.25, 0.3) is 0 Å². The third kappa shape index (κ3) is 3.55. The number of hydrogen-bond acceptors (Lipinski definition) is 5. The van der Waals surface area contributed by atoms with E-state index < -0.39 is 22.6 Å². The second-order valence-corrected chi connectivity index (χ2v) is 1.40. The molecular formula is C2H2F3N3O4. The average molecular weight is 189 g/mol. The van der Waals surface area contributed by atoms with E-state index >= 15 is 0 Å². The molecule has 2 N–H and O–H groups in total. The fraction of sp³-hybridized carbons (Fsp3) is 0.500. The first-order valence-corrected chi connectivity index (χ1v) is 2.23. The predicted molar refractivity (Wildman–Crippen MR) is 25.6 cm³/mol. The van der Waals surface area contributed by atoms with Crippen LogP contribution in [0.5, 0.6) is 0 Å². The molecule has 12 heavy (non-hydrogen) atoms. The lowest BCUT2D eigenvalue weighted by molar-refractivity contribution is -0.640. The van der Waals surface area contributed by atoms with Gasteiger partial charge in [-0.3, -0.25) is 0 Å². The van der Waals surface area contributed by atoms with E-state index in [1.54, 1.807) is 0 Å². The van der Waals surface area contributed by atoms with E-state index in [9.17, 15) is 28.1 Å². The Hall–Kier alpha value is -1.58. The van der Waals surface area contributed by atoms with Gasteiger partial charge >= 0.3 is 12.5 Å². The van der Waals surface area contributed by atoms with Gasteiger partial charge in [-0.25, -0.2) is 14.9 Å². The second kappa shape index (κ2) is 3.21. The molecule has 70 valence electrons. The van der Waals surface area contributed by atoms with Gasteiger partial charge < -0.3 is 4.74 Å². The van der Waals surface area contributed by atoms with Crippen molar-refractivity contribution in [2.45, 2.75) is 6.36 Å². The highest BCUT2D eigenvalue weighted by Crippen LogP contribution is 2.16. The summed E-state index contributed by atoms with van der Waals surface area (Å²) in [6.45, 7) is 0. The Morgan fingerprint density at radius 2 is 2.00 bits per heavy atom. The van der Waals surface area contributed by atoms with Crippen LogP contribution < -0.4 is 5.84 Å². The minimum absolute atomic E-state index is 0.923. The Balaban J connectivity index is 4.15. The van der Waals surface area contributed by atoms with Crippen LogP contribution in [0.3, 0.4) is 0 Å². The van der Waals surface area contributed by atoms with Gasteiger partial charge in [0.2, 0.25) is 0 Å². The third-order valence-electron chi connectivity index (χ3n) is 0.566. The number of hydrazine groups is 2. The number of nitro groups is 1. The first-order valence-electron chi connectivity index (χ1n) is 2.23. The van der Waals surface area contributed by atoms with Crippen LogP contribution in [0.1, 0.15) is 0 Å². The van der Waals surface area contributed by atoms with Crippen LogP contribution in [0.4, 0.5) is 18.0 Å². The summed E-state index contributed by atoms with van der Waals surface area (Å²) >= 11 is 0. The lowest BCUT2D eigenvalue weighted by Crippen LogP contribution is -2.44. The van der Waals surface area contributed by atoms with Crippen LogP contribution in [0.15, 0.2) is 0 Å². The largest absolute Gasteiger partial charge is 0.576 e. The number of nitrogens with two attached hydrogens (primary N) is 1. The Labute approximate surface area is 62.6 Å². The normalized spacial score (nSPS) is 10.7. The van der Waals surface area contributed by atoms with Crippen LogP contribution in [0.2, 0.25) is 0 Å². The maximum absolute atomic E-state index is 11.2. The summed E-state index contributed by atoms with van der Waals surface area (Å²) in [7, 11) is 0. The summed E-state index contributed by atoms with van der Waals surface area (Å²) in [4.78, 5) is 19.6. The summed E-state index contributed by atoms with van der Waals surface area (Å²) in [5.41, 5.74) is 0. The predicted octanol–water partition coefficient (Wildman–Crippen LogP) is 0.0102. The lowest BCUT2D eigenvalue weighted by Gasteiger charge is -2.08. The molecule has 0 fully saturated rings. The highest BCUT2D eigenvalue weighted by atomic mass is 19.4. The van der Waals surface area contributed by atoms with Gasteiger partial charge in [0.05, 0.1) is 5.12 Å². The van der Waals surface area contributed by atoms with Gasteiger partial charge in [0.25, 0.3) is 0 Å². The Morgan fingerprint density at radius 1 is 1.58 bits per heavy atom. The molecule has 0 radical (unpaired) electrons. The molecule has 0 aliphatic carbocycles. The highest BCUT2D eigenvalue weighted by Gasteiger charge is 2.38. The summed E-state index contributed by atoms with van der Waals surface area (Å²) < 4.78 is 36.1. The molecule has 0 rings (SSSR count). The third-order valence-corrected chi connectivity index (χ3v) is 0.566.